The first-order valence-corrected chi connectivity index (χ1v) is 4.32. The fourth-order valence-electron chi connectivity index (χ4n) is 1.46. The lowest BCUT2D eigenvalue weighted by Crippen LogP contribution is -1.93. The lowest BCUT2D eigenvalue weighted by Gasteiger charge is -2.00. The van der Waals surface area contributed by atoms with E-state index in [9.17, 15) is 10.1 Å². The lowest BCUT2D eigenvalue weighted by atomic mass is 10.2. The van der Waals surface area contributed by atoms with Crippen LogP contribution in [0.1, 0.15) is 5.76 Å². The molecule has 1 aromatic carbocycles. The lowest BCUT2D eigenvalue weighted by molar-refractivity contribution is -0.385. The van der Waals surface area contributed by atoms with Gasteiger partial charge in [-0.2, -0.15) is 5.26 Å². The SMILES string of the molecule is COc1c([N+](=O)[O-])ccc2cc(C#N)oc12. The Hall–Kier alpha value is -2.55. The van der Waals surface area contributed by atoms with E-state index in [-0.39, 0.29) is 22.8 Å². The molecular formula is C10H6N2O4. The van der Waals surface area contributed by atoms with Gasteiger partial charge in [-0.3, -0.25) is 10.1 Å². The van der Waals surface area contributed by atoms with Gasteiger partial charge in [0.15, 0.2) is 5.58 Å². The molecule has 0 saturated heterocycles. The van der Waals surface area contributed by atoms with Crippen molar-refractivity contribution in [3.8, 4) is 11.8 Å². The molecule has 0 radical (unpaired) electrons. The van der Waals surface area contributed by atoms with Crippen molar-refractivity contribution in [3.63, 3.8) is 0 Å². The van der Waals surface area contributed by atoms with Crippen molar-refractivity contribution < 1.29 is 14.1 Å². The number of nitrogens with zero attached hydrogens (tertiary/aromatic N) is 2. The topological polar surface area (TPSA) is 89.3 Å². The van der Waals surface area contributed by atoms with Gasteiger partial charge in [-0.15, -0.1) is 0 Å². The molecule has 0 aliphatic heterocycles. The molecule has 0 atom stereocenters. The van der Waals surface area contributed by atoms with Crippen molar-refractivity contribution in [3.05, 3.63) is 34.1 Å². The quantitative estimate of drug-likeness (QED) is 0.569. The number of ether oxygens (including phenoxy) is 1. The van der Waals surface area contributed by atoms with Crippen molar-refractivity contribution >= 4 is 16.7 Å². The van der Waals surface area contributed by atoms with Crippen LogP contribution in [-0.4, -0.2) is 12.0 Å². The molecule has 0 saturated carbocycles. The summed E-state index contributed by atoms with van der Waals surface area (Å²) in [5.41, 5.74) is 0.0297. The second-order valence-electron chi connectivity index (χ2n) is 3.02. The Labute approximate surface area is 89.8 Å². The molecule has 0 bridgehead atoms. The van der Waals surface area contributed by atoms with Crippen LogP contribution in [0.2, 0.25) is 0 Å². The van der Waals surface area contributed by atoms with Crippen molar-refractivity contribution in [1.29, 1.82) is 5.26 Å². The van der Waals surface area contributed by atoms with Crippen molar-refractivity contribution in [2.75, 3.05) is 7.11 Å². The summed E-state index contributed by atoms with van der Waals surface area (Å²) in [7, 11) is 1.32. The van der Waals surface area contributed by atoms with Gasteiger partial charge >= 0.3 is 5.69 Å². The fourth-order valence-corrected chi connectivity index (χ4v) is 1.46. The number of methoxy groups -OCH3 is 1. The van der Waals surface area contributed by atoms with Crippen LogP contribution in [0, 0.1) is 21.4 Å². The Kier molecular flexibility index (Phi) is 2.21. The van der Waals surface area contributed by atoms with Crippen molar-refractivity contribution in [2.24, 2.45) is 0 Å². The van der Waals surface area contributed by atoms with Crippen LogP contribution < -0.4 is 4.74 Å². The summed E-state index contributed by atoms with van der Waals surface area (Å²) >= 11 is 0. The second-order valence-corrected chi connectivity index (χ2v) is 3.02. The molecule has 80 valence electrons. The highest BCUT2D eigenvalue weighted by Gasteiger charge is 2.20. The number of nitriles is 1. The maximum atomic E-state index is 10.7. The van der Waals surface area contributed by atoms with Gasteiger partial charge in [-0.05, 0) is 6.07 Å². The number of hydrogen-bond donors (Lipinski definition) is 0. The summed E-state index contributed by atoms with van der Waals surface area (Å²) in [6.45, 7) is 0. The molecule has 1 aromatic heterocycles. The third kappa shape index (κ3) is 1.35. The highest BCUT2D eigenvalue weighted by atomic mass is 16.6. The first-order valence-electron chi connectivity index (χ1n) is 4.32. The molecule has 6 nitrogen and oxygen atoms in total. The van der Waals surface area contributed by atoms with Crippen LogP contribution in [-0.2, 0) is 0 Å². The minimum absolute atomic E-state index is 0.0315. The van der Waals surface area contributed by atoms with Crippen molar-refractivity contribution in [1.82, 2.24) is 0 Å². The van der Waals surface area contributed by atoms with Crippen molar-refractivity contribution in [2.45, 2.75) is 0 Å². The van der Waals surface area contributed by atoms with E-state index in [1.807, 2.05) is 6.07 Å². The molecule has 2 rings (SSSR count). The average molecular weight is 218 g/mol. The molecule has 0 spiro atoms. The van der Waals surface area contributed by atoms with Gasteiger partial charge < -0.3 is 9.15 Å². The van der Waals surface area contributed by atoms with E-state index < -0.39 is 4.92 Å². The largest absolute Gasteiger partial charge is 0.488 e. The zero-order valence-corrected chi connectivity index (χ0v) is 8.26. The summed E-state index contributed by atoms with van der Waals surface area (Å²) < 4.78 is 10.1. The molecule has 16 heavy (non-hydrogen) atoms. The van der Waals surface area contributed by atoms with Gasteiger partial charge in [0.2, 0.25) is 11.5 Å². The number of benzene rings is 1. The molecule has 2 aromatic rings. The molecule has 1 heterocycles. The van der Waals surface area contributed by atoms with Gasteiger partial charge in [0.05, 0.1) is 12.0 Å². The number of nitro groups is 1. The molecule has 0 fully saturated rings. The zero-order chi connectivity index (χ0) is 11.7. The third-order valence-electron chi connectivity index (χ3n) is 2.13. The third-order valence-corrected chi connectivity index (χ3v) is 2.13. The maximum Gasteiger partial charge on any atom is 0.314 e. The predicted octanol–water partition coefficient (Wildman–Crippen LogP) is 2.22. The van der Waals surface area contributed by atoms with Gasteiger partial charge in [0.25, 0.3) is 0 Å². The molecule has 0 N–H and O–H groups in total. The Balaban J connectivity index is 2.80. The van der Waals surface area contributed by atoms with Crippen LogP contribution in [0.15, 0.2) is 22.6 Å². The van der Waals surface area contributed by atoms with Gasteiger partial charge in [-0.1, -0.05) is 0 Å². The van der Waals surface area contributed by atoms with E-state index in [4.69, 9.17) is 14.4 Å². The Morgan fingerprint density at radius 2 is 2.31 bits per heavy atom. The smallest absolute Gasteiger partial charge is 0.314 e. The van der Waals surface area contributed by atoms with E-state index in [2.05, 4.69) is 0 Å². The Bertz CT molecular complexity index is 609. The van der Waals surface area contributed by atoms with E-state index in [0.717, 1.165) is 0 Å². The summed E-state index contributed by atoms with van der Waals surface area (Å²) in [4.78, 5) is 10.2. The maximum absolute atomic E-state index is 10.7. The highest BCUT2D eigenvalue weighted by molar-refractivity contribution is 5.88. The number of furan rings is 1. The van der Waals surface area contributed by atoms with Crippen LogP contribution in [0.4, 0.5) is 5.69 Å². The van der Waals surface area contributed by atoms with E-state index in [1.165, 1.54) is 25.3 Å². The number of hydrogen-bond acceptors (Lipinski definition) is 5. The standard InChI is InChI=1S/C10H6N2O4/c1-15-10-8(12(13)14)3-2-6-4-7(5-11)16-9(6)10/h2-4H,1H3. The summed E-state index contributed by atoms with van der Waals surface area (Å²) in [5.74, 6) is 0.123. The average Bonchev–Trinajstić information content (AvgIpc) is 2.69. The van der Waals surface area contributed by atoms with Gasteiger partial charge in [0.1, 0.15) is 6.07 Å². The molecular weight excluding hydrogens is 212 g/mol. The minimum Gasteiger partial charge on any atom is -0.488 e. The number of nitro benzene ring substituents is 1. The molecule has 0 amide bonds. The van der Waals surface area contributed by atoms with E-state index in [0.29, 0.717) is 5.39 Å². The van der Waals surface area contributed by atoms with E-state index >= 15 is 0 Å². The predicted molar refractivity (Wildman–Crippen MR) is 54.1 cm³/mol. The summed E-state index contributed by atoms with van der Waals surface area (Å²) in [6, 6.07) is 6.16. The van der Waals surface area contributed by atoms with Gasteiger partial charge in [0, 0.05) is 17.5 Å². The zero-order valence-electron chi connectivity index (χ0n) is 8.26. The van der Waals surface area contributed by atoms with E-state index in [1.54, 1.807) is 0 Å². The summed E-state index contributed by atoms with van der Waals surface area (Å²) in [5, 5.41) is 20.0. The van der Waals surface area contributed by atoms with Crippen LogP contribution in [0.25, 0.3) is 11.0 Å². The molecule has 0 aliphatic rings. The van der Waals surface area contributed by atoms with Crippen LogP contribution in [0.5, 0.6) is 5.75 Å². The first-order chi connectivity index (χ1) is 7.67. The molecule has 6 heteroatoms. The monoisotopic (exact) mass is 218 g/mol. The fraction of sp³-hybridized carbons (Fsp3) is 0.100. The molecule has 0 aliphatic carbocycles. The first kappa shape index (κ1) is 9.98. The second kappa shape index (κ2) is 3.55. The Morgan fingerprint density at radius 1 is 1.56 bits per heavy atom. The highest BCUT2D eigenvalue weighted by Crippen LogP contribution is 2.36. The minimum atomic E-state index is -0.563. The number of fused-ring (bicyclic) bond motifs is 1. The van der Waals surface area contributed by atoms with Crippen LogP contribution in [0.3, 0.4) is 0 Å². The molecule has 0 unspecified atom stereocenters. The number of rotatable bonds is 2. The van der Waals surface area contributed by atoms with Crippen LogP contribution >= 0.6 is 0 Å². The Morgan fingerprint density at radius 3 is 2.88 bits per heavy atom. The normalized spacial score (nSPS) is 10.0. The summed E-state index contributed by atoms with van der Waals surface area (Å²) in [6.07, 6.45) is 0. The van der Waals surface area contributed by atoms with Gasteiger partial charge in [-0.25, -0.2) is 0 Å².